The Morgan fingerprint density at radius 3 is 3.08 bits per heavy atom. The molecule has 1 aromatic carbocycles. The molecule has 1 amide bonds. The van der Waals surface area contributed by atoms with E-state index in [-0.39, 0.29) is 11.8 Å². The number of rotatable bonds is 5. The third kappa shape index (κ3) is 3.36. The summed E-state index contributed by atoms with van der Waals surface area (Å²) < 4.78 is 12.9. The number of benzene rings is 1. The Morgan fingerprint density at radius 2 is 2.38 bits per heavy atom. The molecule has 1 N–H and O–H groups in total. The lowest BCUT2D eigenvalue weighted by Crippen LogP contribution is -2.37. The van der Waals surface area contributed by atoms with E-state index in [1.54, 1.807) is 25.1 Å². The van der Waals surface area contributed by atoms with E-state index in [1.165, 1.54) is 0 Å². The molecule has 7 heteroatoms. The second-order valence-corrected chi connectivity index (χ2v) is 6.47. The molecule has 24 heavy (non-hydrogen) atoms. The molecular weight excluding hydrogens is 326 g/mol. The van der Waals surface area contributed by atoms with Crippen LogP contribution in [0.5, 0.6) is 11.5 Å². The minimum absolute atomic E-state index is 0.00429. The minimum atomic E-state index is -0.196. The minimum Gasteiger partial charge on any atom is -0.497 e. The number of nitrogens with zero attached hydrogens (tertiary/aromatic N) is 2. The van der Waals surface area contributed by atoms with Crippen molar-refractivity contribution in [2.24, 2.45) is 13.0 Å². The van der Waals surface area contributed by atoms with Crippen LogP contribution in [-0.2, 0) is 24.8 Å². The summed E-state index contributed by atoms with van der Waals surface area (Å²) in [6.45, 7) is 0.858. The van der Waals surface area contributed by atoms with Gasteiger partial charge in [0.2, 0.25) is 5.91 Å². The molecule has 128 valence electrons. The van der Waals surface area contributed by atoms with Gasteiger partial charge in [-0.25, -0.2) is 4.98 Å². The lowest BCUT2D eigenvalue weighted by atomic mass is 9.96. The molecule has 0 saturated carbocycles. The van der Waals surface area contributed by atoms with E-state index < -0.39 is 0 Å². The number of nitrogens with one attached hydrogen (secondary N) is 1. The van der Waals surface area contributed by atoms with E-state index >= 15 is 0 Å². The Hall–Kier alpha value is -2.15. The van der Waals surface area contributed by atoms with E-state index in [4.69, 9.17) is 9.47 Å². The van der Waals surface area contributed by atoms with Crippen molar-refractivity contribution in [3.8, 4) is 11.5 Å². The molecule has 1 aliphatic heterocycles. The molecule has 0 radical (unpaired) electrons. The maximum Gasteiger partial charge on any atom is 0.227 e. The van der Waals surface area contributed by atoms with Crippen molar-refractivity contribution in [3.05, 3.63) is 35.7 Å². The number of thioether (sulfide) groups is 1. The number of amides is 1. The number of fused-ring (bicyclic) bond motifs is 1. The fraction of sp³-hybridized carbons (Fsp3) is 0.412. The van der Waals surface area contributed by atoms with Crippen molar-refractivity contribution in [1.82, 2.24) is 14.9 Å². The van der Waals surface area contributed by atoms with Gasteiger partial charge in [0, 0.05) is 7.05 Å². The molecule has 0 aliphatic carbocycles. The number of hydrogen-bond acceptors (Lipinski definition) is 5. The molecule has 2 aromatic rings. The highest BCUT2D eigenvalue weighted by atomic mass is 32.2. The van der Waals surface area contributed by atoms with Crippen LogP contribution in [0, 0.1) is 5.92 Å². The summed E-state index contributed by atoms with van der Waals surface area (Å²) >= 11 is 1.58. The number of carbonyl (C=O) groups is 1. The number of carbonyl (C=O) groups excluding carboxylic acids is 1. The van der Waals surface area contributed by atoms with E-state index in [9.17, 15) is 4.79 Å². The maximum absolute atomic E-state index is 12.5. The van der Waals surface area contributed by atoms with E-state index in [0.717, 1.165) is 27.9 Å². The second-order valence-electron chi connectivity index (χ2n) is 5.70. The van der Waals surface area contributed by atoms with Gasteiger partial charge in [0.15, 0.2) is 5.16 Å². The van der Waals surface area contributed by atoms with Crippen molar-refractivity contribution in [2.75, 3.05) is 20.0 Å². The van der Waals surface area contributed by atoms with Crippen LogP contribution in [0.15, 0.2) is 29.6 Å². The van der Waals surface area contributed by atoms with E-state index in [2.05, 4.69) is 10.3 Å². The summed E-state index contributed by atoms with van der Waals surface area (Å²) in [7, 11) is 3.58. The smallest absolute Gasteiger partial charge is 0.227 e. The lowest BCUT2D eigenvalue weighted by Gasteiger charge is -2.25. The van der Waals surface area contributed by atoms with Crippen LogP contribution in [0.4, 0.5) is 0 Å². The van der Waals surface area contributed by atoms with Gasteiger partial charge in [0.1, 0.15) is 18.1 Å². The molecule has 0 bridgehead atoms. The number of imidazole rings is 1. The van der Waals surface area contributed by atoms with Crippen molar-refractivity contribution < 1.29 is 14.3 Å². The molecule has 1 aliphatic rings. The molecule has 0 unspecified atom stereocenters. The Labute approximate surface area is 145 Å². The predicted molar refractivity (Wildman–Crippen MR) is 92.5 cm³/mol. The fourth-order valence-corrected chi connectivity index (χ4v) is 3.32. The first-order valence-electron chi connectivity index (χ1n) is 7.74. The standard InChI is InChI=1S/C17H21N3O3S/c1-20-13(9-19-17(20)24-3)8-18-16(21)12-6-11-7-14(22-2)4-5-15(11)23-10-12/h4-5,7,9,12H,6,8,10H2,1-3H3,(H,18,21)/t12-/m1/s1. The zero-order chi connectivity index (χ0) is 17.1. The normalized spacial score (nSPS) is 16.2. The lowest BCUT2D eigenvalue weighted by molar-refractivity contribution is -0.126. The average Bonchev–Trinajstić information content (AvgIpc) is 2.98. The van der Waals surface area contributed by atoms with Crippen LogP contribution in [0.2, 0.25) is 0 Å². The van der Waals surface area contributed by atoms with Crippen molar-refractivity contribution >= 4 is 17.7 Å². The van der Waals surface area contributed by atoms with Gasteiger partial charge < -0.3 is 19.4 Å². The van der Waals surface area contributed by atoms with Gasteiger partial charge in [0.05, 0.1) is 31.5 Å². The van der Waals surface area contributed by atoms with Crippen LogP contribution in [-0.4, -0.2) is 35.4 Å². The number of hydrogen-bond donors (Lipinski definition) is 1. The molecule has 0 fully saturated rings. The highest BCUT2D eigenvalue weighted by molar-refractivity contribution is 7.98. The molecule has 1 atom stereocenters. The van der Waals surface area contributed by atoms with E-state index in [1.807, 2.05) is 36.1 Å². The summed E-state index contributed by atoms with van der Waals surface area (Å²) in [6.07, 6.45) is 4.43. The fourth-order valence-electron chi connectivity index (χ4n) is 2.77. The Balaban J connectivity index is 1.62. The molecule has 0 saturated heterocycles. The number of ether oxygens (including phenoxy) is 2. The first-order valence-corrected chi connectivity index (χ1v) is 8.97. The van der Waals surface area contributed by atoms with Crippen molar-refractivity contribution in [2.45, 2.75) is 18.1 Å². The maximum atomic E-state index is 12.5. The molecule has 6 nitrogen and oxygen atoms in total. The molecule has 2 heterocycles. The largest absolute Gasteiger partial charge is 0.497 e. The van der Waals surface area contributed by atoms with Crippen molar-refractivity contribution in [3.63, 3.8) is 0 Å². The average molecular weight is 347 g/mol. The SMILES string of the molecule is COc1ccc2c(c1)C[C@@H](C(=O)NCc1cnc(SC)n1C)CO2. The van der Waals surface area contributed by atoms with Gasteiger partial charge in [-0.2, -0.15) is 0 Å². The van der Waals surface area contributed by atoms with Crippen molar-refractivity contribution in [1.29, 1.82) is 0 Å². The summed E-state index contributed by atoms with van der Waals surface area (Å²) in [6, 6.07) is 5.69. The van der Waals surface area contributed by atoms with Crippen LogP contribution in [0.1, 0.15) is 11.3 Å². The van der Waals surface area contributed by atoms with E-state index in [0.29, 0.717) is 19.6 Å². The Morgan fingerprint density at radius 1 is 1.54 bits per heavy atom. The zero-order valence-corrected chi connectivity index (χ0v) is 14.9. The third-order valence-corrected chi connectivity index (χ3v) is 4.96. The number of methoxy groups -OCH3 is 1. The molecule has 3 rings (SSSR count). The predicted octanol–water partition coefficient (Wildman–Crippen LogP) is 2.02. The molecule has 0 spiro atoms. The Bertz CT molecular complexity index is 745. The summed E-state index contributed by atoms with van der Waals surface area (Å²) in [4.78, 5) is 16.8. The first kappa shape index (κ1) is 16.7. The van der Waals surface area contributed by atoms with Gasteiger partial charge in [0.25, 0.3) is 0 Å². The quantitative estimate of drug-likeness (QED) is 0.838. The van der Waals surface area contributed by atoms with Gasteiger partial charge >= 0.3 is 0 Å². The summed E-state index contributed by atoms with van der Waals surface area (Å²) in [5.41, 5.74) is 1.98. The topological polar surface area (TPSA) is 65.4 Å². The van der Waals surface area contributed by atoms with Crippen LogP contribution in [0.25, 0.3) is 0 Å². The number of aromatic nitrogens is 2. The highest BCUT2D eigenvalue weighted by Crippen LogP contribution is 2.30. The summed E-state index contributed by atoms with van der Waals surface area (Å²) in [5, 5.41) is 3.92. The summed E-state index contributed by atoms with van der Waals surface area (Å²) in [5.74, 6) is 1.40. The van der Waals surface area contributed by atoms with Crippen LogP contribution < -0.4 is 14.8 Å². The second kappa shape index (κ2) is 7.17. The molecule has 1 aromatic heterocycles. The van der Waals surface area contributed by atoms with Gasteiger partial charge in [-0.05, 0) is 36.4 Å². The van der Waals surface area contributed by atoms with Crippen LogP contribution >= 0.6 is 11.8 Å². The molecular formula is C17H21N3O3S. The van der Waals surface area contributed by atoms with Gasteiger partial charge in [-0.15, -0.1) is 0 Å². The van der Waals surface area contributed by atoms with Crippen LogP contribution in [0.3, 0.4) is 0 Å². The Kier molecular flexibility index (Phi) is 4.99. The highest BCUT2D eigenvalue weighted by Gasteiger charge is 2.26. The van der Waals surface area contributed by atoms with Gasteiger partial charge in [-0.3, -0.25) is 4.79 Å². The monoisotopic (exact) mass is 347 g/mol. The van der Waals surface area contributed by atoms with Gasteiger partial charge in [-0.1, -0.05) is 11.8 Å². The zero-order valence-electron chi connectivity index (χ0n) is 14.0. The first-order chi connectivity index (χ1) is 11.6. The third-order valence-electron chi connectivity index (χ3n) is 4.21.